The Kier molecular flexibility index (Phi) is 13.2. The summed E-state index contributed by atoms with van der Waals surface area (Å²) in [6, 6.07) is -3.34. The van der Waals surface area contributed by atoms with Crippen LogP contribution in [0.2, 0.25) is 0 Å². The first-order valence-corrected chi connectivity index (χ1v) is 7.98. The average molecular weight is 393 g/mol. The van der Waals surface area contributed by atoms with Crippen LogP contribution in [0.3, 0.4) is 0 Å². The SMILES string of the molecule is CC(C)C[C@H](NC(=O)CC[C@H](N)C(=O)O)C(=O)O.N[C@@H](CC(=O)O)C(=O)O. The highest BCUT2D eigenvalue weighted by Gasteiger charge is 2.22. The molecule has 0 aromatic carbocycles. The van der Waals surface area contributed by atoms with Crippen molar-refractivity contribution in [2.24, 2.45) is 17.4 Å². The van der Waals surface area contributed by atoms with Gasteiger partial charge in [-0.15, -0.1) is 0 Å². The van der Waals surface area contributed by atoms with Crippen molar-refractivity contribution >= 4 is 29.8 Å². The van der Waals surface area contributed by atoms with E-state index in [9.17, 15) is 24.0 Å². The van der Waals surface area contributed by atoms with Crippen LogP contribution in [0.1, 0.15) is 39.5 Å². The van der Waals surface area contributed by atoms with Crippen LogP contribution in [0.5, 0.6) is 0 Å². The molecule has 0 aromatic heterocycles. The van der Waals surface area contributed by atoms with Crippen molar-refractivity contribution in [2.75, 3.05) is 0 Å². The molecule has 156 valence electrons. The summed E-state index contributed by atoms with van der Waals surface area (Å²) in [5, 5.41) is 35.8. The number of carboxylic acid groups (broad SMARTS) is 4. The third-order valence-corrected chi connectivity index (χ3v) is 3.05. The quantitative estimate of drug-likeness (QED) is 0.217. The predicted octanol–water partition coefficient (Wildman–Crippen LogP) is -1.33. The number of nitrogens with one attached hydrogen (secondary N) is 1. The van der Waals surface area contributed by atoms with E-state index in [-0.39, 0.29) is 18.8 Å². The molecule has 9 N–H and O–H groups in total. The lowest BCUT2D eigenvalue weighted by Gasteiger charge is -2.16. The molecule has 0 radical (unpaired) electrons. The number of amides is 1. The maximum absolute atomic E-state index is 11.4. The van der Waals surface area contributed by atoms with Crippen LogP contribution in [0, 0.1) is 5.92 Å². The second-order valence-corrected chi connectivity index (χ2v) is 6.11. The zero-order chi connectivity index (χ0) is 21.7. The maximum Gasteiger partial charge on any atom is 0.326 e. The number of aliphatic carboxylic acids is 4. The fraction of sp³-hybridized carbons (Fsp3) is 0.667. The van der Waals surface area contributed by atoms with E-state index < -0.39 is 54.3 Å². The summed E-state index contributed by atoms with van der Waals surface area (Å²) in [6.45, 7) is 3.70. The summed E-state index contributed by atoms with van der Waals surface area (Å²) in [5.41, 5.74) is 10.1. The van der Waals surface area contributed by atoms with E-state index in [0.717, 1.165) is 0 Å². The molecule has 0 saturated carbocycles. The lowest BCUT2D eigenvalue weighted by Crippen LogP contribution is -2.42. The standard InChI is InChI=1S/C11H20N2O5.C4H7NO4/c1-6(2)5-8(11(17)18)13-9(14)4-3-7(12)10(15)16;5-2(4(8)9)1-3(6)7/h6-8H,3-5,12H2,1-2H3,(H,13,14)(H,15,16)(H,17,18);2H,1,5H2,(H,6,7)(H,8,9)/t7-,8-;2-/m00/s1. The van der Waals surface area contributed by atoms with Crippen molar-refractivity contribution in [1.82, 2.24) is 5.32 Å². The van der Waals surface area contributed by atoms with Crippen LogP contribution in [0.4, 0.5) is 0 Å². The molecule has 12 heteroatoms. The summed E-state index contributed by atoms with van der Waals surface area (Å²) < 4.78 is 0. The van der Waals surface area contributed by atoms with Gasteiger partial charge in [0.15, 0.2) is 0 Å². The van der Waals surface area contributed by atoms with Gasteiger partial charge in [-0.05, 0) is 18.8 Å². The van der Waals surface area contributed by atoms with Gasteiger partial charge in [-0.3, -0.25) is 19.2 Å². The Morgan fingerprint density at radius 2 is 1.33 bits per heavy atom. The van der Waals surface area contributed by atoms with Gasteiger partial charge in [0.2, 0.25) is 5.91 Å². The van der Waals surface area contributed by atoms with Gasteiger partial charge in [-0.2, -0.15) is 0 Å². The highest BCUT2D eigenvalue weighted by atomic mass is 16.4. The zero-order valence-electron chi connectivity index (χ0n) is 15.1. The summed E-state index contributed by atoms with van der Waals surface area (Å²) >= 11 is 0. The zero-order valence-corrected chi connectivity index (χ0v) is 15.1. The average Bonchev–Trinajstić information content (AvgIpc) is 2.51. The van der Waals surface area contributed by atoms with Gasteiger partial charge < -0.3 is 37.2 Å². The molecule has 3 atom stereocenters. The second-order valence-electron chi connectivity index (χ2n) is 6.11. The van der Waals surface area contributed by atoms with Crippen LogP contribution >= 0.6 is 0 Å². The topological polar surface area (TPSA) is 230 Å². The van der Waals surface area contributed by atoms with Gasteiger partial charge >= 0.3 is 23.9 Å². The Morgan fingerprint density at radius 1 is 0.852 bits per heavy atom. The molecule has 0 unspecified atom stereocenters. The second kappa shape index (κ2) is 13.5. The molecule has 0 aliphatic heterocycles. The minimum Gasteiger partial charge on any atom is -0.481 e. The van der Waals surface area contributed by atoms with E-state index in [4.69, 9.17) is 31.9 Å². The van der Waals surface area contributed by atoms with E-state index in [1.807, 2.05) is 13.8 Å². The molecular weight excluding hydrogens is 366 g/mol. The van der Waals surface area contributed by atoms with Crippen molar-refractivity contribution in [1.29, 1.82) is 0 Å². The summed E-state index contributed by atoms with van der Waals surface area (Å²) in [5.74, 6) is -5.14. The van der Waals surface area contributed by atoms with E-state index in [1.54, 1.807) is 0 Å². The number of hydrogen-bond donors (Lipinski definition) is 7. The van der Waals surface area contributed by atoms with Crippen molar-refractivity contribution in [2.45, 2.75) is 57.7 Å². The van der Waals surface area contributed by atoms with E-state index in [0.29, 0.717) is 6.42 Å². The number of carbonyl (C=O) groups excluding carboxylic acids is 1. The molecule has 0 spiro atoms. The number of carbonyl (C=O) groups is 5. The predicted molar refractivity (Wildman–Crippen MR) is 91.7 cm³/mol. The van der Waals surface area contributed by atoms with E-state index in [1.165, 1.54) is 0 Å². The summed E-state index contributed by atoms with van der Waals surface area (Å²) in [7, 11) is 0. The van der Waals surface area contributed by atoms with Crippen molar-refractivity contribution in [3.05, 3.63) is 0 Å². The maximum atomic E-state index is 11.4. The van der Waals surface area contributed by atoms with Gasteiger partial charge in [0.1, 0.15) is 18.1 Å². The third kappa shape index (κ3) is 15.3. The molecule has 0 aromatic rings. The molecule has 27 heavy (non-hydrogen) atoms. The fourth-order valence-electron chi connectivity index (χ4n) is 1.64. The molecule has 12 nitrogen and oxygen atoms in total. The molecule has 0 bridgehead atoms. The monoisotopic (exact) mass is 393 g/mol. The molecule has 0 heterocycles. The molecule has 0 fully saturated rings. The van der Waals surface area contributed by atoms with Crippen molar-refractivity contribution < 1.29 is 44.4 Å². The third-order valence-electron chi connectivity index (χ3n) is 3.05. The lowest BCUT2D eigenvalue weighted by atomic mass is 10.0. The molecule has 0 aliphatic carbocycles. The smallest absolute Gasteiger partial charge is 0.326 e. The Hall–Kier alpha value is -2.73. The summed E-state index contributed by atoms with van der Waals surface area (Å²) in [6.07, 6.45) is -0.327. The molecular formula is C15H27N3O9. The first-order valence-electron chi connectivity index (χ1n) is 7.98. The number of rotatable bonds is 11. The minimum atomic E-state index is -1.29. The Bertz CT molecular complexity index is 537. The largest absolute Gasteiger partial charge is 0.481 e. The van der Waals surface area contributed by atoms with E-state index in [2.05, 4.69) is 5.32 Å². The highest BCUT2D eigenvalue weighted by Crippen LogP contribution is 2.06. The Balaban J connectivity index is 0. The molecule has 0 saturated heterocycles. The van der Waals surface area contributed by atoms with Crippen molar-refractivity contribution in [3.63, 3.8) is 0 Å². The number of nitrogens with two attached hydrogens (primary N) is 2. The van der Waals surface area contributed by atoms with Gasteiger partial charge in [0.05, 0.1) is 6.42 Å². The number of hydrogen-bond acceptors (Lipinski definition) is 7. The summed E-state index contributed by atoms with van der Waals surface area (Å²) in [4.78, 5) is 52.4. The van der Waals surface area contributed by atoms with Crippen LogP contribution in [0.15, 0.2) is 0 Å². The molecule has 0 aliphatic rings. The molecule has 1 amide bonds. The highest BCUT2D eigenvalue weighted by molar-refractivity contribution is 5.84. The normalized spacial score (nSPS) is 13.5. The minimum absolute atomic E-state index is 0.0187. The first kappa shape index (κ1) is 26.5. The molecule has 0 rings (SSSR count). The van der Waals surface area contributed by atoms with Gasteiger partial charge in [-0.25, -0.2) is 4.79 Å². The van der Waals surface area contributed by atoms with Gasteiger partial charge in [0.25, 0.3) is 0 Å². The van der Waals surface area contributed by atoms with Gasteiger partial charge in [0, 0.05) is 6.42 Å². The Labute approximate surface area is 155 Å². The fourth-order valence-corrected chi connectivity index (χ4v) is 1.64. The van der Waals surface area contributed by atoms with Gasteiger partial charge in [-0.1, -0.05) is 13.8 Å². The van der Waals surface area contributed by atoms with Crippen LogP contribution in [0.25, 0.3) is 0 Å². The Morgan fingerprint density at radius 3 is 1.63 bits per heavy atom. The van der Waals surface area contributed by atoms with E-state index >= 15 is 0 Å². The van der Waals surface area contributed by atoms with Crippen molar-refractivity contribution in [3.8, 4) is 0 Å². The number of carboxylic acids is 4. The van der Waals surface area contributed by atoms with Crippen LogP contribution < -0.4 is 16.8 Å². The first-order chi connectivity index (χ1) is 12.3. The lowest BCUT2D eigenvalue weighted by molar-refractivity contribution is -0.144. The van der Waals surface area contributed by atoms with Crippen LogP contribution in [-0.4, -0.2) is 68.3 Å². The van der Waals surface area contributed by atoms with Crippen LogP contribution in [-0.2, 0) is 24.0 Å².